The lowest BCUT2D eigenvalue weighted by Crippen LogP contribution is -2.44. The third-order valence-corrected chi connectivity index (χ3v) is 7.02. The van der Waals surface area contributed by atoms with Crippen molar-refractivity contribution < 1.29 is 0 Å². The molecule has 34 heavy (non-hydrogen) atoms. The maximum absolute atomic E-state index is 4.64. The van der Waals surface area contributed by atoms with Crippen molar-refractivity contribution in [1.29, 1.82) is 0 Å². The molecule has 0 radical (unpaired) electrons. The van der Waals surface area contributed by atoms with Crippen molar-refractivity contribution in [3.8, 4) is 5.69 Å². The van der Waals surface area contributed by atoms with Crippen LogP contribution in [0.25, 0.3) is 16.7 Å². The van der Waals surface area contributed by atoms with Crippen molar-refractivity contribution in [2.75, 3.05) is 36.4 Å². The molecule has 0 saturated carbocycles. The minimum absolute atomic E-state index is 0.711. The van der Waals surface area contributed by atoms with Gasteiger partial charge in [-0.3, -0.25) is 0 Å². The molecule has 2 aromatic carbocycles. The van der Waals surface area contributed by atoms with Crippen LogP contribution in [0.1, 0.15) is 32.3 Å². The monoisotopic (exact) mass is 455 g/mol. The third kappa shape index (κ3) is 4.35. The van der Waals surface area contributed by atoms with Crippen LogP contribution in [-0.2, 0) is 0 Å². The normalized spacial score (nSPS) is 14.8. The van der Waals surface area contributed by atoms with Crippen molar-refractivity contribution in [1.82, 2.24) is 24.6 Å². The summed E-state index contributed by atoms with van der Waals surface area (Å²) < 4.78 is 1.89. The second kappa shape index (κ2) is 9.81. The van der Waals surface area contributed by atoms with E-state index in [4.69, 9.17) is 0 Å². The Morgan fingerprint density at radius 2 is 1.65 bits per heavy atom. The fourth-order valence-corrected chi connectivity index (χ4v) is 5.01. The highest BCUT2D eigenvalue weighted by atomic mass is 15.3. The van der Waals surface area contributed by atoms with Crippen LogP contribution in [0.3, 0.4) is 0 Å². The van der Waals surface area contributed by atoms with Gasteiger partial charge in [-0.1, -0.05) is 32.0 Å². The van der Waals surface area contributed by atoms with Gasteiger partial charge in [-0.2, -0.15) is 5.10 Å². The van der Waals surface area contributed by atoms with Crippen molar-refractivity contribution in [2.45, 2.75) is 39.7 Å². The van der Waals surface area contributed by atoms with E-state index >= 15 is 0 Å². The summed E-state index contributed by atoms with van der Waals surface area (Å²) in [6.45, 7) is 11.1. The van der Waals surface area contributed by atoms with E-state index in [1.807, 2.05) is 23.0 Å². The molecule has 0 atom stereocenters. The first kappa shape index (κ1) is 22.3. The molecule has 2 aromatic heterocycles. The number of nitrogens with one attached hydrogen (secondary N) is 1. The smallest absolute Gasteiger partial charge is 0.168 e. The first-order valence-electron chi connectivity index (χ1n) is 12.3. The summed E-state index contributed by atoms with van der Waals surface area (Å²) in [6, 6.07) is 17.6. The van der Waals surface area contributed by atoms with E-state index in [1.54, 1.807) is 6.33 Å². The number of nitrogens with zero attached hydrogens (tertiary/aromatic N) is 6. The number of anilines is 3. The summed E-state index contributed by atoms with van der Waals surface area (Å²) in [7, 11) is 0. The van der Waals surface area contributed by atoms with Gasteiger partial charge in [0, 0.05) is 30.5 Å². The van der Waals surface area contributed by atoms with Crippen LogP contribution in [0.4, 0.5) is 17.2 Å². The highest BCUT2D eigenvalue weighted by Gasteiger charge is 2.23. The average molecular weight is 456 g/mol. The Balaban J connectivity index is 1.34. The van der Waals surface area contributed by atoms with E-state index in [0.717, 1.165) is 54.4 Å². The van der Waals surface area contributed by atoms with E-state index in [0.29, 0.717) is 6.04 Å². The zero-order valence-corrected chi connectivity index (χ0v) is 20.3. The number of para-hydroxylation sites is 1. The Morgan fingerprint density at radius 1 is 0.941 bits per heavy atom. The summed E-state index contributed by atoms with van der Waals surface area (Å²) in [6.07, 6.45) is 5.87. The lowest BCUT2D eigenvalue weighted by atomic mass is 10.0. The summed E-state index contributed by atoms with van der Waals surface area (Å²) in [5, 5.41) is 8.97. The van der Waals surface area contributed by atoms with Crippen molar-refractivity contribution in [3.05, 3.63) is 66.6 Å². The van der Waals surface area contributed by atoms with E-state index in [1.165, 1.54) is 24.1 Å². The number of fused-ring (bicyclic) bond motifs is 1. The lowest BCUT2D eigenvalue weighted by Gasteiger charge is -2.38. The Bertz CT molecular complexity index is 1240. The van der Waals surface area contributed by atoms with Crippen molar-refractivity contribution in [2.24, 2.45) is 0 Å². The van der Waals surface area contributed by atoms with E-state index in [9.17, 15) is 0 Å². The largest absolute Gasteiger partial charge is 0.371 e. The molecule has 0 bridgehead atoms. The molecule has 0 amide bonds. The van der Waals surface area contributed by atoms with E-state index < -0.39 is 0 Å². The van der Waals surface area contributed by atoms with Crippen molar-refractivity contribution in [3.63, 3.8) is 0 Å². The van der Waals surface area contributed by atoms with Gasteiger partial charge in [0.15, 0.2) is 5.65 Å². The highest BCUT2D eigenvalue weighted by molar-refractivity contribution is 5.89. The van der Waals surface area contributed by atoms with Crippen LogP contribution in [0.15, 0.2) is 61.1 Å². The van der Waals surface area contributed by atoms with Gasteiger partial charge in [-0.15, -0.1) is 0 Å². The molecule has 176 valence electrons. The minimum Gasteiger partial charge on any atom is -0.371 e. The van der Waals surface area contributed by atoms with Gasteiger partial charge in [0.25, 0.3) is 0 Å². The molecule has 0 spiro atoms. The van der Waals surface area contributed by atoms with Gasteiger partial charge < -0.3 is 15.1 Å². The minimum atomic E-state index is 0.711. The molecule has 7 nitrogen and oxygen atoms in total. The Labute approximate surface area is 201 Å². The number of hydrogen-bond acceptors (Lipinski definition) is 6. The molecule has 0 unspecified atom stereocenters. The zero-order valence-electron chi connectivity index (χ0n) is 20.3. The van der Waals surface area contributed by atoms with Gasteiger partial charge in [-0.05, 0) is 68.8 Å². The molecule has 5 rings (SSSR count). The quantitative estimate of drug-likeness (QED) is 0.414. The zero-order chi connectivity index (χ0) is 23.5. The lowest BCUT2D eigenvalue weighted by molar-refractivity contribution is 0.186. The highest BCUT2D eigenvalue weighted by Crippen LogP contribution is 2.28. The van der Waals surface area contributed by atoms with E-state index in [2.05, 4.69) is 87.4 Å². The average Bonchev–Trinajstić information content (AvgIpc) is 3.32. The number of aromatic nitrogens is 4. The number of aryl methyl sites for hydroxylation is 1. The van der Waals surface area contributed by atoms with E-state index in [-0.39, 0.29) is 0 Å². The number of piperidine rings is 1. The van der Waals surface area contributed by atoms with Gasteiger partial charge in [0.05, 0.1) is 17.3 Å². The molecule has 1 fully saturated rings. The van der Waals surface area contributed by atoms with Crippen molar-refractivity contribution >= 4 is 28.2 Å². The number of benzene rings is 2. The molecule has 4 aromatic rings. The molecule has 3 heterocycles. The number of hydrogen-bond donors (Lipinski definition) is 1. The maximum atomic E-state index is 4.64. The molecule has 1 aliphatic heterocycles. The predicted molar refractivity (Wildman–Crippen MR) is 139 cm³/mol. The van der Waals surface area contributed by atoms with Crippen LogP contribution in [0.2, 0.25) is 0 Å². The predicted octanol–water partition coefficient (Wildman–Crippen LogP) is 5.18. The molecular formula is C27H33N7. The second-order valence-electron chi connectivity index (χ2n) is 8.91. The van der Waals surface area contributed by atoms with Gasteiger partial charge >= 0.3 is 0 Å². The summed E-state index contributed by atoms with van der Waals surface area (Å²) in [5.41, 5.74) is 5.26. The summed E-state index contributed by atoms with van der Waals surface area (Å²) in [4.78, 5) is 14.1. The molecule has 1 saturated heterocycles. The SMILES string of the molecule is CCN(CC)C1CCN(c2ccc(-n3ncc4c(Nc5ccccc5C)ncnc43)cc2)CC1. The fraction of sp³-hybridized carbons (Fsp3) is 0.370. The van der Waals surface area contributed by atoms with Crippen LogP contribution in [0.5, 0.6) is 0 Å². The summed E-state index contributed by atoms with van der Waals surface area (Å²) in [5.74, 6) is 0.762. The van der Waals surface area contributed by atoms with Crippen LogP contribution in [0, 0.1) is 6.92 Å². The molecule has 1 aliphatic rings. The first-order chi connectivity index (χ1) is 16.7. The molecule has 7 heteroatoms. The van der Waals surface area contributed by atoms with Crippen LogP contribution >= 0.6 is 0 Å². The van der Waals surface area contributed by atoms with Gasteiger partial charge in [-0.25, -0.2) is 14.6 Å². The van der Waals surface area contributed by atoms with Crippen LogP contribution < -0.4 is 10.2 Å². The maximum Gasteiger partial charge on any atom is 0.168 e. The molecule has 1 N–H and O–H groups in total. The van der Waals surface area contributed by atoms with Gasteiger partial charge in [0.1, 0.15) is 12.1 Å². The fourth-order valence-electron chi connectivity index (χ4n) is 5.01. The Kier molecular flexibility index (Phi) is 6.45. The number of rotatable bonds is 7. The Morgan fingerprint density at radius 3 is 2.35 bits per heavy atom. The first-order valence-corrected chi connectivity index (χ1v) is 12.3. The molecule has 0 aliphatic carbocycles. The topological polar surface area (TPSA) is 62.1 Å². The summed E-state index contributed by atoms with van der Waals surface area (Å²) >= 11 is 0. The second-order valence-corrected chi connectivity index (χ2v) is 8.91. The molecular weight excluding hydrogens is 422 g/mol. The van der Waals surface area contributed by atoms with Gasteiger partial charge in [0.2, 0.25) is 0 Å². The Hall–Kier alpha value is -3.45. The standard InChI is InChI=1S/C27H33N7/c1-4-32(5-2)22-14-16-33(17-15-22)21-10-12-23(13-11-21)34-27-24(18-30-34)26(28-19-29-27)31-25-9-7-6-8-20(25)3/h6-13,18-19,22H,4-5,14-17H2,1-3H3,(H,28,29,31). The third-order valence-electron chi connectivity index (χ3n) is 7.02. The van der Waals surface area contributed by atoms with Crippen LogP contribution in [-0.4, -0.2) is 56.9 Å².